The van der Waals surface area contributed by atoms with Gasteiger partial charge in [0.05, 0.1) is 5.70 Å². The largest absolute Gasteiger partial charge is 0.394 e. The van der Waals surface area contributed by atoms with E-state index in [0.29, 0.717) is 0 Å². The van der Waals surface area contributed by atoms with Crippen LogP contribution in [-0.4, -0.2) is 11.4 Å². The molecule has 4 nitrogen and oxygen atoms in total. The summed E-state index contributed by atoms with van der Waals surface area (Å²) in [4.78, 5) is 10.8. The third kappa shape index (κ3) is 6.92. The smallest absolute Gasteiger partial charge is 0.264 e. The van der Waals surface area contributed by atoms with Gasteiger partial charge in [0.25, 0.3) is 5.91 Å². The Morgan fingerprint density at radius 1 is 1.31 bits per heavy atom. The molecule has 92 valence electrons. The van der Waals surface area contributed by atoms with Crippen LogP contribution in [0.25, 0.3) is 0 Å². The first-order valence-electron chi connectivity index (χ1n) is 5.51. The third-order valence-corrected chi connectivity index (χ3v) is 1.77. The van der Waals surface area contributed by atoms with E-state index in [9.17, 15) is 4.79 Å². The van der Waals surface area contributed by atoms with E-state index in [2.05, 4.69) is 12.2 Å². The summed E-state index contributed by atoms with van der Waals surface area (Å²) >= 11 is 0. The van der Waals surface area contributed by atoms with Gasteiger partial charge in [-0.05, 0) is 33.3 Å². The maximum absolute atomic E-state index is 10.8. The van der Waals surface area contributed by atoms with Crippen molar-refractivity contribution in [2.24, 2.45) is 11.5 Å². The van der Waals surface area contributed by atoms with Crippen molar-refractivity contribution in [2.75, 3.05) is 0 Å². The standard InChI is InChI=1S/C12H23N3O/c1-5-6-7-9(15-12(2,3)4)8-10(13)11(14)16/h7-8,15H,5-6,13H2,1-4H3,(H2,14,16)/b9-7+,10-8-. The minimum absolute atomic E-state index is 0.0686. The van der Waals surface area contributed by atoms with Gasteiger partial charge in [-0.3, -0.25) is 4.79 Å². The highest BCUT2D eigenvalue weighted by Gasteiger charge is 2.10. The van der Waals surface area contributed by atoms with Crippen LogP contribution in [0.2, 0.25) is 0 Å². The lowest BCUT2D eigenvalue weighted by atomic mass is 10.1. The molecule has 0 radical (unpaired) electrons. The molecule has 1 amide bonds. The van der Waals surface area contributed by atoms with Gasteiger partial charge in [-0.1, -0.05) is 19.4 Å². The fraction of sp³-hybridized carbons (Fsp3) is 0.583. The molecule has 16 heavy (non-hydrogen) atoms. The molecule has 0 saturated carbocycles. The number of amides is 1. The molecule has 4 heteroatoms. The average molecular weight is 225 g/mol. The molecule has 0 aromatic rings. The molecule has 0 spiro atoms. The summed E-state index contributed by atoms with van der Waals surface area (Å²) in [6.07, 6.45) is 5.57. The zero-order valence-corrected chi connectivity index (χ0v) is 10.6. The van der Waals surface area contributed by atoms with Crippen molar-refractivity contribution in [1.29, 1.82) is 0 Å². The van der Waals surface area contributed by atoms with Gasteiger partial charge < -0.3 is 16.8 Å². The van der Waals surface area contributed by atoms with Gasteiger partial charge in [-0.15, -0.1) is 0 Å². The lowest BCUT2D eigenvalue weighted by Gasteiger charge is -2.23. The Bertz CT molecular complexity index is 298. The number of primary amides is 1. The second kappa shape index (κ2) is 6.20. The van der Waals surface area contributed by atoms with Crippen molar-refractivity contribution in [3.63, 3.8) is 0 Å². The summed E-state index contributed by atoms with van der Waals surface area (Å²) < 4.78 is 0. The van der Waals surface area contributed by atoms with E-state index in [-0.39, 0.29) is 11.2 Å². The van der Waals surface area contributed by atoms with Crippen molar-refractivity contribution in [1.82, 2.24) is 5.32 Å². The number of hydrogen-bond donors (Lipinski definition) is 3. The van der Waals surface area contributed by atoms with Crippen LogP contribution in [0.1, 0.15) is 40.5 Å². The summed E-state index contributed by atoms with van der Waals surface area (Å²) in [7, 11) is 0. The Hall–Kier alpha value is -1.45. The zero-order chi connectivity index (χ0) is 12.8. The van der Waals surface area contributed by atoms with Gasteiger partial charge in [0.1, 0.15) is 0 Å². The molecule has 5 N–H and O–H groups in total. The molecule has 0 aromatic carbocycles. The van der Waals surface area contributed by atoms with Gasteiger partial charge in [0.15, 0.2) is 0 Å². The number of unbranched alkanes of at least 4 members (excludes halogenated alkanes) is 1. The molecule has 0 rings (SSSR count). The molecule has 0 aromatic heterocycles. The minimum Gasteiger partial charge on any atom is -0.394 e. The van der Waals surface area contributed by atoms with Crippen LogP contribution >= 0.6 is 0 Å². The van der Waals surface area contributed by atoms with Crippen molar-refractivity contribution >= 4 is 5.91 Å². The first-order valence-corrected chi connectivity index (χ1v) is 5.51. The van der Waals surface area contributed by atoms with Gasteiger partial charge in [-0.25, -0.2) is 0 Å². The van der Waals surface area contributed by atoms with Gasteiger partial charge in [0.2, 0.25) is 0 Å². The van der Waals surface area contributed by atoms with Crippen LogP contribution in [-0.2, 0) is 4.79 Å². The number of allylic oxidation sites excluding steroid dienone is 2. The van der Waals surface area contributed by atoms with E-state index in [1.165, 1.54) is 0 Å². The van der Waals surface area contributed by atoms with Gasteiger partial charge >= 0.3 is 0 Å². The average Bonchev–Trinajstić information content (AvgIpc) is 2.11. The van der Waals surface area contributed by atoms with Crippen LogP contribution in [0.15, 0.2) is 23.5 Å². The van der Waals surface area contributed by atoms with Crippen LogP contribution < -0.4 is 16.8 Å². The molecule has 0 bridgehead atoms. The SMILES string of the molecule is CCC/C=C(\C=C(/N)C(N)=O)NC(C)(C)C. The van der Waals surface area contributed by atoms with E-state index in [1.54, 1.807) is 6.08 Å². The van der Waals surface area contributed by atoms with Crippen LogP contribution in [0.4, 0.5) is 0 Å². The predicted octanol–water partition coefficient (Wildman–Crippen LogP) is 1.39. The Kier molecular flexibility index (Phi) is 5.64. The second-order valence-electron chi connectivity index (χ2n) is 4.79. The first kappa shape index (κ1) is 14.6. The highest BCUT2D eigenvalue weighted by molar-refractivity contribution is 5.91. The fourth-order valence-electron chi connectivity index (χ4n) is 1.12. The van der Waals surface area contributed by atoms with E-state index < -0.39 is 5.91 Å². The maximum atomic E-state index is 10.8. The van der Waals surface area contributed by atoms with E-state index >= 15 is 0 Å². The molecule has 0 saturated heterocycles. The van der Waals surface area contributed by atoms with Crippen LogP contribution in [0.5, 0.6) is 0 Å². The molecule has 0 aliphatic carbocycles. The van der Waals surface area contributed by atoms with Crippen molar-refractivity contribution < 1.29 is 4.79 Å². The van der Waals surface area contributed by atoms with E-state index in [0.717, 1.165) is 18.5 Å². The Morgan fingerprint density at radius 3 is 2.25 bits per heavy atom. The topological polar surface area (TPSA) is 81.1 Å². The lowest BCUT2D eigenvalue weighted by molar-refractivity contribution is -0.114. The number of rotatable bonds is 5. The summed E-state index contributed by atoms with van der Waals surface area (Å²) in [5, 5.41) is 3.27. The number of carbonyl (C=O) groups is 1. The summed E-state index contributed by atoms with van der Waals surface area (Å²) in [6, 6.07) is 0. The molecular formula is C12H23N3O. The molecule has 0 heterocycles. The number of nitrogens with one attached hydrogen (secondary N) is 1. The first-order chi connectivity index (χ1) is 7.26. The highest BCUT2D eigenvalue weighted by Crippen LogP contribution is 2.07. The summed E-state index contributed by atoms with van der Waals surface area (Å²) in [5.41, 5.74) is 11.4. The number of hydrogen-bond acceptors (Lipinski definition) is 3. The van der Waals surface area contributed by atoms with E-state index in [4.69, 9.17) is 11.5 Å². The lowest BCUT2D eigenvalue weighted by Crippen LogP contribution is -2.35. The summed E-state index contributed by atoms with van der Waals surface area (Å²) in [6.45, 7) is 8.22. The van der Waals surface area contributed by atoms with Crippen LogP contribution in [0, 0.1) is 0 Å². The number of nitrogens with two attached hydrogens (primary N) is 2. The molecule has 0 atom stereocenters. The normalized spacial score (nSPS) is 13.8. The Balaban J connectivity index is 4.82. The monoisotopic (exact) mass is 225 g/mol. The van der Waals surface area contributed by atoms with E-state index in [1.807, 2.05) is 26.8 Å². The Morgan fingerprint density at radius 2 is 1.88 bits per heavy atom. The molecule has 0 fully saturated rings. The van der Waals surface area contributed by atoms with Crippen LogP contribution in [0.3, 0.4) is 0 Å². The zero-order valence-electron chi connectivity index (χ0n) is 10.6. The molecule has 0 unspecified atom stereocenters. The minimum atomic E-state index is -0.599. The van der Waals surface area contributed by atoms with Gasteiger partial charge in [-0.2, -0.15) is 0 Å². The number of carbonyl (C=O) groups excluding carboxylic acids is 1. The highest BCUT2D eigenvalue weighted by atomic mass is 16.1. The van der Waals surface area contributed by atoms with Crippen molar-refractivity contribution in [3.05, 3.63) is 23.5 Å². The van der Waals surface area contributed by atoms with Crippen molar-refractivity contribution in [2.45, 2.75) is 46.1 Å². The fourth-order valence-corrected chi connectivity index (χ4v) is 1.12. The molecule has 0 aliphatic rings. The molecular weight excluding hydrogens is 202 g/mol. The Labute approximate surface area is 97.8 Å². The molecule has 0 aliphatic heterocycles. The van der Waals surface area contributed by atoms with Crippen molar-refractivity contribution in [3.8, 4) is 0 Å². The third-order valence-electron chi connectivity index (χ3n) is 1.77. The predicted molar refractivity (Wildman–Crippen MR) is 67.3 cm³/mol. The quantitative estimate of drug-likeness (QED) is 0.488. The maximum Gasteiger partial charge on any atom is 0.264 e. The summed E-state index contributed by atoms with van der Waals surface area (Å²) in [5.74, 6) is -0.599. The second-order valence-corrected chi connectivity index (χ2v) is 4.79. The van der Waals surface area contributed by atoms with Gasteiger partial charge in [0, 0.05) is 11.2 Å².